The van der Waals surface area contributed by atoms with Gasteiger partial charge in [0.2, 0.25) is 0 Å². The van der Waals surface area contributed by atoms with Crippen molar-refractivity contribution in [2.45, 2.75) is 30.7 Å². The third-order valence-corrected chi connectivity index (χ3v) is 2.23. The summed E-state index contributed by atoms with van der Waals surface area (Å²) >= 11 is 0. The summed E-state index contributed by atoms with van der Waals surface area (Å²) in [6.45, 7) is 3.10. The number of aliphatic hydroxyl groups excluding tert-OH is 4. The van der Waals surface area contributed by atoms with Crippen LogP contribution >= 0.6 is 0 Å². The van der Waals surface area contributed by atoms with Crippen molar-refractivity contribution in [3.05, 3.63) is 12.7 Å². The Morgan fingerprint density at radius 2 is 1.87 bits per heavy atom. The molecule has 0 aliphatic carbocycles. The highest BCUT2D eigenvalue weighted by Crippen LogP contribution is 2.21. The third kappa shape index (κ3) is 2.75. The summed E-state index contributed by atoms with van der Waals surface area (Å²) in [7, 11) is 0. The first-order valence-electron chi connectivity index (χ1n) is 4.64. The Kier molecular flexibility index (Phi) is 4.65. The Morgan fingerprint density at radius 3 is 2.40 bits per heavy atom. The molecule has 0 aromatic rings. The second-order valence-corrected chi connectivity index (χ2v) is 3.32. The molecule has 1 aliphatic heterocycles. The van der Waals surface area contributed by atoms with Gasteiger partial charge in [0.25, 0.3) is 0 Å². The number of hydrogen-bond acceptors (Lipinski definition) is 6. The number of aliphatic hydroxyl groups is 4. The highest BCUT2D eigenvalue weighted by atomic mass is 16.7. The fraction of sp³-hybridized carbons (Fsp3) is 0.778. The van der Waals surface area contributed by atoms with Crippen LogP contribution in [0.25, 0.3) is 0 Å². The molecule has 1 fully saturated rings. The average molecular weight is 220 g/mol. The van der Waals surface area contributed by atoms with Crippen LogP contribution in [-0.4, -0.2) is 64.3 Å². The summed E-state index contributed by atoms with van der Waals surface area (Å²) in [5.74, 6) is 0. The molecule has 6 heteroatoms. The summed E-state index contributed by atoms with van der Waals surface area (Å²) in [4.78, 5) is 0. The fourth-order valence-corrected chi connectivity index (χ4v) is 1.37. The summed E-state index contributed by atoms with van der Waals surface area (Å²) in [5, 5.41) is 37.1. The highest BCUT2D eigenvalue weighted by molar-refractivity contribution is 4.89. The molecule has 1 aliphatic rings. The van der Waals surface area contributed by atoms with E-state index < -0.39 is 37.3 Å². The van der Waals surface area contributed by atoms with Gasteiger partial charge < -0.3 is 29.9 Å². The predicted octanol–water partition coefficient (Wildman–Crippen LogP) is -2.01. The summed E-state index contributed by atoms with van der Waals surface area (Å²) < 4.78 is 10.1. The zero-order valence-corrected chi connectivity index (χ0v) is 8.19. The van der Waals surface area contributed by atoms with E-state index in [2.05, 4.69) is 6.58 Å². The van der Waals surface area contributed by atoms with E-state index in [1.54, 1.807) is 0 Å². The van der Waals surface area contributed by atoms with Gasteiger partial charge in [-0.15, -0.1) is 6.58 Å². The van der Waals surface area contributed by atoms with E-state index in [1.807, 2.05) is 0 Å². The van der Waals surface area contributed by atoms with Crippen molar-refractivity contribution in [1.82, 2.24) is 0 Å². The number of rotatable bonds is 4. The molecule has 0 saturated carbocycles. The van der Waals surface area contributed by atoms with Gasteiger partial charge in [-0.25, -0.2) is 0 Å². The molecule has 88 valence electrons. The average Bonchev–Trinajstić information content (AvgIpc) is 2.25. The van der Waals surface area contributed by atoms with Crippen molar-refractivity contribution < 1.29 is 29.9 Å². The molecule has 15 heavy (non-hydrogen) atoms. The van der Waals surface area contributed by atoms with Gasteiger partial charge in [-0.05, 0) is 0 Å². The molecule has 5 atom stereocenters. The maximum atomic E-state index is 9.47. The Hall–Kier alpha value is -0.500. The van der Waals surface area contributed by atoms with E-state index in [4.69, 9.17) is 14.6 Å². The lowest BCUT2D eigenvalue weighted by atomic mass is 9.99. The lowest BCUT2D eigenvalue weighted by molar-refractivity contribution is -0.298. The molecular formula is C9H16O6. The minimum atomic E-state index is -1.40. The van der Waals surface area contributed by atoms with Crippen LogP contribution in [0.3, 0.4) is 0 Å². The molecule has 1 saturated heterocycles. The van der Waals surface area contributed by atoms with Crippen LogP contribution in [0.2, 0.25) is 0 Å². The number of ether oxygens (including phenoxy) is 2. The van der Waals surface area contributed by atoms with Gasteiger partial charge >= 0.3 is 0 Å². The maximum Gasteiger partial charge on any atom is 0.187 e. The minimum absolute atomic E-state index is 0.142. The Morgan fingerprint density at radius 1 is 1.20 bits per heavy atom. The van der Waals surface area contributed by atoms with Crippen LogP contribution in [-0.2, 0) is 9.47 Å². The van der Waals surface area contributed by atoms with Crippen molar-refractivity contribution in [1.29, 1.82) is 0 Å². The Labute approximate surface area is 87.4 Å². The second-order valence-electron chi connectivity index (χ2n) is 3.32. The third-order valence-electron chi connectivity index (χ3n) is 2.23. The second kappa shape index (κ2) is 5.55. The van der Waals surface area contributed by atoms with Crippen molar-refractivity contribution in [3.63, 3.8) is 0 Å². The maximum absolute atomic E-state index is 9.47. The van der Waals surface area contributed by atoms with E-state index in [9.17, 15) is 15.3 Å². The van der Waals surface area contributed by atoms with Crippen LogP contribution in [0.5, 0.6) is 0 Å². The van der Waals surface area contributed by atoms with E-state index in [-0.39, 0.29) is 6.61 Å². The molecule has 0 bridgehead atoms. The van der Waals surface area contributed by atoms with Crippen LogP contribution in [0.15, 0.2) is 12.7 Å². The van der Waals surface area contributed by atoms with E-state index in [0.717, 1.165) is 0 Å². The van der Waals surface area contributed by atoms with E-state index in [0.29, 0.717) is 0 Å². The smallest absolute Gasteiger partial charge is 0.187 e. The van der Waals surface area contributed by atoms with Gasteiger partial charge in [0.15, 0.2) is 6.29 Å². The number of hydrogen-bond donors (Lipinski definition) is 4. The Bertz CT molecular complexity index is 207. The van der Waals surface area contributed by atoms with Crippen molar-refractivity contribution in [2.24, 2.45) is 0 Å². The lowest BCUT2D eigenvalue weighted by Gasteiger charge is -2.39. The predicted molar refractivity (Wildman–Crippen MR) is 49.9 cm³/mol. The monoisotopic (exact) mass is 220 g/mol. The Balaban J connectivity index is 2.60. The molecule has 1 heterocycles. The quantitative estimate of drug-likeness (QED) is 0.408. The van der Waals surface area contributed by atoms with Gasteiger partial charge in [-0.3, -0.25) is 0 Å². The first-order chi connectivity index (χ1) is 7.11. The minimum Gasteiger partial charge on any atom is -0.394 e. The highest BCUT2D eigenvalue weighted by Gasteiger charge is 2.43. The normalized spacial score (nSPS) is 41.5. The van der Waals surface area contributed by atoms with E-state index >= 15 is 0 Å². The van der Waals surface area contributed by atoms with Gasteiger partial charge in [-0.2, -0.15) is 0 Å². The molecule has 4 N–H and O–H groups in total. The zero-order valence-electron chi connectivity index (χ0n) is 8.19. The molecular weight excluding hydrogens is 204 g/mol. The van der Waals surface area contributed by atoms with Gasteiger partial charge in [0.1, 0.15) is 24.4 Å². The molecule has 0 radical (unpaired) electrons. The van der Waals surface area contributed by atoms with E-state index in [1.165, 1.54) is 6.08 Å². The standard InChI is InChI=1S/C9H16O6/c1-2-3-14-9-8(13)7(12)6(11)5(4-10)15-9/h2,5-13H,1,3-4H2/t5?,6-,7?,8+,9-/m1/s1. The van der Waals surface area contributed by atoms with Gasteiger partial charge in [-0.1, -0.05) is 6.08 Å². The van der Waals surface area contributed by atoms with Crippen LogP contribution in [0.4, 0.5) is 0 Å². The van der Waals surface area contributed by atoms with Crippen molar-refractivity contribution >= 4 is 0 Å². The van der Waals surface area contributed by atoms with Crippen LogP contribution < -0.4 is 0 Å². The van der Waals surface area contributed by atoms with Crippen LogP contribution in [0, 0.1) is 0 Å². The lowest BCUT2D eigenvalue weighted by Crippen LogP contribution is -2.59. The molecule has 1 rings (SSSR count). The molecule has 0 aromatic heterocycles. The topological polar surface area (TPSA) is 99.4 Å². The molecule has 0 amide bonds. The molecule has 6 nitrogen and oxygen atoms in total. The fourth-order valence-electron chi connectivity index (χ4n) is 1.37. The molecule has 0 aromatic carbocycles. The summed E-state index contributed by atoms with van der Waals surface area (Å²) in [6, 6.07) is 0. The van der Waals surface area contributed by atoms with Gasteiger partial charge in [0, 0.05) is 0 Å². The molecule has 0 spiro atoms. The molecule has 2 unspecified atom stereocenters. The largest absolute Gasteiger partial charge is 0.394 e. The van der Waals surface area contributed by atoms with Crippen molar-refractivity contribution in [2.75, 3.05) is 13.2 Å². The van der Waals surface area contributed by atoms with Crippen LogP contribution in [0.1, 0.15) is 0 Å². The first-order valence-corrected chi connectivity index (χ1v) is 4.64. The summed E-state index contributed by atoms with van der Waals surface area (Å²) in [5.41, 5.74) is 0. The SMILES string of the molecule is C=CCO[C@@H]1OC(CO)[C@@H](O)C(O)[C@@H]1O. The summed E-state index contributed by atoms with van der Waals surface area (Å²) in [6.07, 6.45) is -4.64. The van der Waals surface area contributed by atoms with Crippen molar-refractivity contribution in [3.8, 4) is 0 Å². The van der Waals surface area contributed by atoms with Gasteiger partial charge in [0.05, 0.1) is 13.2 Å². The zero-order chi connectivity index (χ0) is 11.4. The first kappa shape index (κ1) is 12.6.